The minimum atomic E-state index is -0.0595. The van der Waals surface area contributed by atoms with Gasteiger partial charge in [0, 0.05) is 32.6 Å². The monoisotopic (exact) mass is 411 g/mol. The molecule has 1 aromatic carbocycles. The SMILES string of the molecule is Cc1nc(C)c(C(=O)N2CCCOc3cccc(c3)CCC3CCCCN3CC2)o1. The van der Waals surface area contributed by atoms with Crippen LogP contribution in [0.5, 0.6) is 5.75 Å². The van der Waals surface area contributed by atoms with Crippen molar-refractivity contribution in [3.63, 3.8) is 0 Å². The number of fused-ring (bicyclic) bond motifs is 3. The molecule has 0 aliphatic carbocycles. The number of piperidine rings is 1. The molecule has 3 heterocycles. The maximum Gasteiger partial charge on any atom is 0.291 e. The van der Waals surface area contributed by atoms with E-state index in [-0.39, 0.29) is 5.91 Å². The molecule has 0 radical (unpaired) electrons. The number of aromatic nitrogens is 1. The van der Waals surface area contributed by atoms with Gasteiger partial charge < -0.3 is 14.1 Å². The predicted octanol–water partition coefficient (Wildman–Crippen LogP) is 4.00. The van der Waals surface area contributed by atoms with Crippen molar-refractivity contribution >= 4 is 5.91 Å². The molecule has 1 amide bonds. The number of rotatable bonds is 1. The van der Waals surface area contributed by atoms with E-state index >= 15 is 0 Å². The molecule has 2 bridgehead atoms. The Bertz CT molecular complexity index is 863. The molecule has 6 nitrogen and oxygen atoms in total. The largest absolute Gasteiger partial charge is 0.494 e. The number of oxazole rings is 1. The second-order valence-electron chi connectivity index (χ2n) is 8.51. The summed E-state index contributed by atoms with van der Waals surface area (Å²) in [7, 11) is 0. The van der Waals surface area contributed by atoms with Crippen LogP contribution in [0.2, 0.25) is 0 Å². The topological polar surface area (TPSA) is 58.8 Å². The van der Waals surface area contributed by atoms with E-state index in [9.17, 15) is 4.79 Å². The van der Waals surface area contributed by atoms with Gasteiger partial charge in [-0.15, -0.1) is 0 Å². The third-order valence-corrected chi connectivity index (χ3v) is 6.30. The highest BCUT2D eigenvalue weighted by Crippen LogP contribution is 2.23. The number of aryl methyl sites for hydroxylation is 3. The van der Waals surface area contributed by atoms with E-state index in [1.54, 1.807) is 6.92 Å². The normalized spacial score (nSPS) is 21.4. The minimum absolute atomic E-state index is 0.0595. The molecule has 30 heavy (non-hydrogen) atoms. The Morgan fingerprint density at radius 3 is 2.80 bits per heavy atom. The molecule has 162 valence electrons. The molecule has 1 fully saturated rings. The number of ether oxygens (including phenoxy) is 1. The molecule has 2 aliphatic heterocycles. The van der Waals surface area contributed by atoms with E-state index in [1.807, 2.05) is 17.9 Å². The number of benzene rings is 1. The van der Waals surface area contributed by atoms with Gasteiger partial charge in [-0.3, -0.25) is 9.69 Å². The molecule has 0 N–H and O–H groups in total. The van der Waals surface area contributed by atoms with Crippen LogP contribution in [-0.2, 0) is 6.42 Å². The van der Waals surface area contributed by atoms with Gasteiger partial charge in [0.05, 0.1) is 12.3 Å². The molecule has 2 aliphatic rings. The van der Waals surface area contributed by atoms with E-state index in [2.05, 4.69) is 28.1 Å². The number of carbonyl (C=O) groups excluding carboxylic acids is 1. The average Bonchev–Trinajstić information content (AvgIpc) is 3.09. The molecule has 1 atom stereocenters. The lowest BCUT2D eigenvalue weighted by Gasteiger charge is -2.37. The van der Waals surface area contributed by atoms with Crippen molar-refractivity contribution in [1.82, 2.24) is 14.8 Å². The van der Waals surface area contributed by atoms with E-state index in [4.69, 9.17) is 9.15 Å². The van der Waals surface area contributed by atoms with Gasteiger partial charge in [-0.1, -0.05) is 18.6 Å². The van der Waals surface area contributed by atoms with Crippen molar-refractivity contribution < 1.29 is 13.9 Å². The fourth-order valence-corrected chi connectivity index (χ4v) is 4.69. The van der Waals surface area contributed by atoms with E-state index in [0.717, 1.165) is 38.1 Å². The Hall–Kier alpha value is -2.34. The fourth-order valence-electron chi connectivity index (χ4n) is 4.69. The third-order valence-electron chi connectivity index (χ3n) is 6.30. The number of carbonyl (C=O) groups is 1. The first-order valence-electron chi connectivity index (χ1n) is 11.3. The van der Waals surface area contributed by atoms with E-state index < -0.39 is 0 Å². The molecule has 6 heteroatoms. The van der Waals surface area contributed by atoms with Crippen molar-refractivity contribution in [3.8, 4) is 5.75 Å². The summed E-state index contributed by atoms with van der Waals surface area (Å²) >= 11 is 0. The molecule has 1 saturated heterocycles. The Balaban J connectivity index is 1.53. The zero-order valence-electron chi connectivity index (χ0n) is 18.2. The summed E-state index contributed by atoms with van der Waals surface area (Å²) in [5.74, 6) is 1.77. The number of amides is 1. The second kappa shape index (κ2) is 9.65. The van der Waals surface area contributed by atoms with Crippen LogP contribution in [0.15, 0.2) is 28.7 Å². The highest BCUT2D eigenvalue weighted by molar-refractivity contribution is 5.92. The van der Waals surface area contributed by atoms with Crippen molar-refractivity contribution in [3.05, 3.63) is 47.2 Å². The van der Waals surface area contributed by atoms with Gasteiger partial charge in [-0.05, 0) is 63.3 Å². The van der Waals surface area contributed by atoms with E-state index in [1.165, 1.54) is 24.8 Å². The van der Waals surface area contributed by atoms with Crippen LogP contribution in [0.4, 0.5) is 0 Å². The predicted molar refractivity (Wildman–Crippen MR) is 116 cm³/mol. The first-order chi connectivity index (χ1) is 14.6. The summed E-state index contributed by atoms with van der Waals surface area (Å²) < 4.78 is 11.6. The lowest BCUT2D eigenvalue weighted by molar-refractivity contribution is 0.0651. The van der Waals surface area contributed by atoms with Crippen LogP contribution in [-0.4, -0.2) is 59.5 Å². The Morgan fingerprint density at radius 2 is 1.97 bits per heavy atom. The van der Waals surface area contributed by atoms with Gasteiger partial charge in [0.1, 0.15) is 5.75 Å². The quantitative estimate of drug-likeness (QED) is 0.710. The van der Waals surface area contributed by atoms with Crippen LogP contribution in [0.3, 0.4) is 0 Å². The third kappa shape index (κ3) is 5.04. The van der Waals surface area contributed by atoms with E-state index in [0.29, 0.717) is 43.1 Å². The summed E-state index contributed by atoms with van der Waals surface area (Å²) in [6.07, 6.45) is 6.78. The van der Waals surface area contributed by atoms with Crippen LogP contribution < -0.4 is 4.74 Å². The highest BCUT2D eigenvalue weighted by Gasteiger charge is 2.26. The Labute approximate surface area is 179 Å². The van der Waals surface area contributed by atoms with Crippen molar-refractivity contribution in [2.75, 3.05) is 32.8 Å². The van der Waals surface area contributed by atoms with Gasteiger partial charge in [0.2, 0.25) is 5.76 Å². The summed E-state index contributed by atoms with van der Waals surface area (Å²) in [5.41, 5.74) is 2.02. The Morgan fingerprint density at radius 1 is 1.07 bits per heavy atom. The molecule has 1 aromatic heterocycles. The summed E-state index contributed by atoms with van der Waals surface area (Å²) in [6, 6.07) is 9.06. The van der Waals surface area contributed by atoms with Crippen LogP contribution >= 0.6 is 0 Å². The summed E-state index contributed by atoms with van der Waals surface area (Å²) in [4.78, 5) is 22.0. The van der Waals surface area contributed by atoms with Gasteiger partial charge in [-0.2, -0.15) is 0 Å². The van der Waals surface area contributed by atoms with Crippen molar-refractivity contribution in [1.29, 1.82) is 0 Å². The highest BCUT2D eigenvalue weighted by atomic mass is 16.5. The first kappa shape index (κ1) is 20.9. The molecule has 2 aromatic rings. The fraction of sp³-hybridized carbons (Fsp3) is 0.583. The number of nitrogens with zero attached hydrogens (tertiary/aromatic N) is 3. The first-order valence-corrected chi connectivity index (χ1v) is 11.3. The lowest BCUT2D eigenvalue weighted by atomic mass is 9.95. The van der Waals surface area contributed by atoms with Gasteiger partial charge >= 0.3 is 0 Å². The average molecular weight is 412 g/mol. The smallest absolute Gasteiger partial charge is 0.291 e. The summed E-state index contributed by atoms with van der Waals surface area (Å²) in [6.45, 7) is 7.60. The standard InChI is InChI=1S/C24H33N3O3/c1-18-23(30-19(2)25-18)24(28)27-13-6-16-29-22-9-5-7-20(17-22)10-11-21-8-3-4-12-26(21)14-15-27/h5,7,9,17,21H,3-4,6,8,10-16H2,1-2H3. The molecule has 0 saturated carbocycles. The van der Waals surface area contributed by atoms with Crippen molar-refractivity contribution in [2.45, 2.75) is 58.4 Å². The van der Waals surface area contributed by atoms with Crippen LogP contribution in [0.1, 0.15) is 59.8 Å². The number of hydrogen-bond acceptors (Lipinski definition) is 5. The van der Waals surface area contributed by atoms with Crippen LogP contribution in [0, 0.1) is 13.8 Å². The lowest BCUT2D eigenvalue weighted by Crippen LogP contribution is -2.45. The van der Waals surface area contributed by atoms with Gasteiger partial charge in [-0.25, -0.2) is 4.98 Å². The zero-order chi connectivity index (χ0) is 20.9. The zero-order valence-corrected chi connectivity index (χ0v) is 18.2. The summed E-state index contributed by atoms with van der Waals surface area (Å²) in [5, 5.41) is 0. The van der Waals surface area contributed by atoms with Gasteiger partial charge in [0.15, 0.2) is 5.89 Å². The molecule has 0 spiro atoms. The Kier molecular flexibility index (Phi) is 6.72. The van der Waals surface area contributed by atoms with Gasteiger partial charge in [0.25, 0.3) is 5.91 Å². The molecular formula is C24H33N3O3. The molecule has 1 unspecified atom stereocenters. The number of hydrogen-bond donors (Lipinski definition) is 0. The van der Waals surface area contributed by atoms with Crippen LogP contribution in [0.25, 0.3) is 0 Å². The molecular weight excluding hydrogens is 378 g/mol. The van der Waals surface area contributed by atoms with Crippen molar-refractivity contribution in [2.24, 2.45) is 0 Å². The maximum absolute atomic E-state index is 13.2. The maximum atomic E-state index is 13.2. The second-order valence-corrected chi connectivity index (χ2v) is 8.51. The minimum Gasteiger partial charge on any atom is -0.494 e. The molecule has 4 rings (SSSR count).